The Morgan fingerprint density at radius 3 is 2.53 bits per heavy atom. The molecule has 2 rings (SSSR count). The molecule has 0 unspecified atom stereocenters. The highest BCUT2D eigenvalue weighted by Crippen LogP contribution is 2.23. The zero-order valence-corrected chi connectivity index (χ0v) is 12.4. The zero-order valence-electron chi connectivity index (χ0n) is 11.6. The molecule has 2 atom stereocenters. The minimum absolute atomic E-state index is 0.506. The Bertz CT molecular complexity index is 419. The van der Waals surface area contributed by atoms with E-state index in [-0.39, 0.29) is 0 Å². The number of thiocarbonyl (C=S) groups is 1. The van der Waals surface area contributed by atoms with Gasteiger partial charge in [0, 0.05) is 11.7 Å². The number of methoxy groups -OCH3 is 1. The molecule has 1 aliphatic rings. The molecule has 3 nitrogen and oxygen atoms in total. The molecule has 0 saturated heterocycles. The fraction of sp³-hybridized carbons (Fsp3) is 0.533. The first-order valence-corrected chi connectivity index (χ1v) is 7.31. The number of hydrogen-bond acceptors (Lipinski definition) is 2. The lowest BCUT2D eigenvalue weighted by Gasteiger charge is -2.30. The Morgan fingerprint density at radius 1 is 1.21 bits per heavy atom. The fourth-order valence-corrected chi connectivity index (χ4v) is 2.81. The normalized spacial score (nSPS) is 22.6. The quantitative estimate of drug-likeness (QED) is 0.828. The maximum atomic E-state index is 5.38. The summed E-state index contributed by atoms with van der Waals surface area (Å²) in [5, 5.41) is 7.37. The van der Waals surface area contributed by atoms with Crippen molar-refractivity contribution in [2.24, 2.45) is 5.92 Å². The first-order chi connectivity index (χ1) is 9.19. The molecule has 0 heterocycles. The summed E-state index contributed by atoms with van der Waals surface area (Å²) in [5.41, 5.74) is 0.988. The third-order valence-corrected chi connectivity index (χ3v) is 4.00. The second-order valence-electron chi connectivity index (χ2n) is 5.20. The molecule has 19 heavy (non-hydrogen) atoms. The van der Waals surface area contributed by atoms with Gasteiger partial charge in [-0.15, -0.1) is 0 Å². The molecule has 0 amide bonds. The summed E-state index contributed by atoms with van der Waals surface area (Å²) in [6.07, 6.45) is 5.15. The summed E-state index contributed by atoms with van der Waals surface area (Å²) < 4.78 is 5.13. The number of ether oxygens (including phenoxy) is 1. The molecule has 0 aromatic heterocycles. The predicted octanol–water partition coefficient (Wildman–Crippen LogP) is 3.56. The van der Waals surface area contributed by atoms with Crippen LogP contribution in [0, 0.1) is 5.92 Å². The molecule has 1 aliphatic carbocycles. The standard InChI is InChI=1S/C15H22N2OS/c1-11-5-3-4-6-14(11)17-15(19)16-12-7-9-13(18-2)10-8-12/h7-11,14H,3-6H2,1-2H3,(H2,16,17,19)/t11-,14-/m0/s1. The molecule has 1 aromatic rings. The van der Waals surface area contributed by atoms with Crippen molar-refractivity contribution < 1.29 is 4.74 Å². The van der Waals surface area contributed by atoms with Gasteiger partial charge < -0.3 is 15.4 Å². The number of benzene rings is 1. The topological polar surface area (TPSA) is 33.3 Å². The molecule has 4 heteroatoms. The van der Waals surface area contributed by atoms with Crippen LogP contribution < -0.4 is 15.4 Å². The SMILES string of the molecule is COc1ccc(NC(=S)N[C@H]2CCCC[C@@H]2C)cc1. The molecule has 1 fully saturated rings. The van der Waals surface area contributed by atoms with E-state index in [1.54, 1.807) is 7.11 Å². The first kappa shape index (κ1) is 14.1. The van der Waals surface area contributed by atoms with E-state index in [9.17, 15) is 0 Å². The fourth-order valence-electron chi connectivity index (χ4n) is 2.54. The number of nitrogens with one attached hydrogen (secondary N) is 2. The molecule has 1 saturated carbocycles. The minimum Gasteiger partial charge on any atom is -0.497 e. The van der Waals surface area contributed by atoms with E-state index in [4.69, 9.17) is 17.0 Å². The molecule has 104 valence electrons. The van der Waals surface area contributed by atoms with Crippen LogP contribution in [0.3, 0.4) is 0 Å². The van der Waals surface area contributed by atoms with Crippen molar-refractivity contribution in [2.75, 3.05) is 12.4 Å². The van der Waals surface area contributed by atoms with E-state index in [0.29, 0.717) is 17.1 Å². The van der Waals surface area contributed by atoms with Gasteiger partial charge in [0.2, 0.25) is 0 Å². The predicted molar refractivity (Wildman–Crippen MR) is 83.8 cm³/mol. The highest BCUT2D eigenvalue weighted by molar-refractivity contribution is 7.80. The summed E-state index contributed by atoms with van der Waals surface area (Å²) in [7, 11) is 1.67. The van der Waals surface area contributed by atoms with E-state index >= 15 is 0 Å². The van der Waals surface area contributed by atoms with Crippen molar-refractivity contribution in [3.8, 4) is 5.75 Å². The van der Waals surface area contributed by atoms with Gasteiger partial charge in [-0.25, -0.2) is 0 Å². The summed E-state index contributed by atoms with van der Waals surface area (Å²) >= 11 is 5.38. The molecule has 0 radical (unpaired) electrons. The van der Waals surface area contributed by atoms with Crippen molar-refractivity contribution in [1.82, 2.24) is 5.32 Å². The number of rotatable bonds is 3. The zero-order chi connectivity index (χ0) is 13.7. The number of hydrogen-bond donors (Lipinski definition) is 2. The molecule has 2 N–H and O–H groups in total. The number of anilines is 1. The monoisotopic (exact) mass is 278 g/mol. The van der Waals surface area contributed by atoms with Crippen LogP contribution in [0.4, 0.5) is 5.69 Å². The van der Waals surface area contributed by atoms with Crippen LogP contribution in [-0.4, -0.2) is 18.3 Å². The molecular weight excluding hydrogens is 256 g/mol. The second-order valence-corrected chi connectivity index (χ2v) is 5.60. The van der Waals surface area contributed by atoms with E-state index in [1.165, 1.54) is 25.7 Å². The smallest absolute Gasteiger partial charge is 0.171 e. The maximum Gasteiger partial charge on any atom is 0.171 e. The van der Waals surface area contributed by atoms with Gasteiger partial charge in [0.25, 0.3) is 0 Å². The van der Waals surface area contributed by atoms with E-state index in [0.717, 1.165) is 11.4 Å². The van der Waals surface area contributed by atoms with Gasteiger partial charge in [0.1, 0.15) is 5.75 Å². The third-order valence-electron chi connectivity index (χ3n) is 3.78. The lowest BCUT2D eigenvalue weighted by Crippen LogP contribution is -2.43. The Morgan fingerprint density at radius 2 is 1.89 bits per heavy atom. The van der Waals surface area contributed by atoms with Crippen LogP contribution in [0.1, 0.15) is 32.6 Å². The maximum absolute atomic E-state index is 5.38. The van der Waals surface area contributed by atoms with Crippen molar-refractivity contribution in [3.63, 3.8) is 0 Å². The highest BCUT2D eigenvalue weighted by atomic mass is 32.1. The summed E-state index contributed by atoms with van der Waals surface area (Å²) in [6, 6.07) is 8.29. The van der Waals surface area contributed by atoms with Gasteiger partial charge in [0.05, 0.1) is 7.11 Å². The van der Waals surface area contributed by atoms with Gasteiger partial charge in [-0.3, -0.25) is 0 Å². The van der Waals surface area contributed by atoms with Crippen molar-refractivity contribution in [2.45, 2.75) is 38.6 Å². The van der Waals surface area contributed by atoms with Crippen molar-refractivity contribution in [1.29, 1.82) is 0 Å². The molecule has 0 spiro atoms. The van der Waals surface area contributed by atoms with Gasteiger partial charge in [-0.1, -0.05) is 19.8 Å². The largest absolute Gasteiger partial charge is 0.497 e. The van der Waals surface area contributed by atoms with Gasteiger partial charge in [0.15, 0.2) is 5.11 Å². The average molecular weight is 278 g/mol. The van der Waals surface area contributed by atoms with Crippen LogP contribution in [0.2, 0.25) is 0 Å². The summed E-state index contributed by atoms with van der Waals surface area (Å²) in [4.78, 5) is 0. The van der Waals surface area contributed by atoms with E-state index < -0.39 is 0 Å². The van der Waals surface area contributed by atoms with Gasteiger partial charge in [-0.2, -0.15) is 0 Å². The Labute approximate surface area is 120 Å². The third kappa shape index (κ3) is 4.10. The van der Waals surface area contributed by atoms with Crippen LogP contribution in [0.25, 0.3) is 0 Å². The Kier molecular flexibility index (Phi) is 5.02. The van der Waals surface area contributed by atoms with Gasteiger partial charge in [-0.05, 0) is 55.2 Å². The Balaban J connectivity index is 1.86. The van der Waals surface area contributed by atoms with Crippen LogP contribution in [0.5, 0.6) is 5.75 Å². The highest BCUT2D eigenvalue weighted by Gasteiger charge is 2.21. The van der Waals surface area contributed by atoms with Crippen molar-refractivity contribution >= 4 is 23.0 Å². The van der Waals surface area contributed by atoms with Crippen LogP contribution >= 0.6 is 12.2 Å². The molecule has 1 aromatic carbocycles. The second kappa shape index (κ2) is 6.75. The lowest BCUT2D eigenvalue weighted by molar-refractivity contribution is 0.309. The van der Waals surface area contributed by atoms with Crippen molar-refractivity contribution in [3.05, 3.63) is 24.3 Å². The van der Waals surface area contributed by atoms with Crippen LogP contribution in [0.15, 0.2) is 24.3 Å². The molecular formula is C15H22N2OS. The Hall–Kier alpha value is -1.29. The summed E-state index contributed by atoms with van der Waals surface area (Å²) in [5.74, 6) is 1.55. The van der Waals surface area contributed by atoms with E-state index in [2.05, 4.69) is 17.6 Å². The van der Waals surface area contributed by atoms with E-state index in [1.807, 2.05) is 24.3 Å². The molecule has 0 aliphatic heterocycles. The average Bonchev–Trinajstić information content (AvgIpc) is 2.42. The van der Waals surface area contributed by atoms with Gasteiger partial charge >= 0.3 is 0 Å². The van der Waals surface area contributed by atoms with Crippen LogP contribution in [-0.2, 0) is 0 Å². The first-order valence-electron chi connectivity index (χ1n) is 6.90. The lowest BCUT2D eigenvalue weighted by atomic mass is 9.86. The summed E-state index contributed by atoms with van der Waals surface area (Å²) in [6.45, 7) is 2.30. The minimum atomic E-state index is 0.506. The molecule has 0 bridgehead atoms.